The minimum Gasteiger partial charge on any atom is -0.492 e. The number of ether oxygens (including phenoxy) is 1. The van der Waals surface area contributed by atoms with Crippen molar-refractivity contribution in [3.63, 3.8) is 0 Å². The maximum Gasteiger partial charge on any atom is 0.133 e. The molecule has 0 atom stereocenters. The molecule has 0 fully saturated rings. The molecule has 0 saturated heterocycles. The lowest BCUT2D eigenvalue weighted by Crippen LogP contribution is -2.02. The van der Waals surface area contributed by atoms with Gasteiger partial charge in [-0.25, -0.2) is 0 Å². The zero-order valence-corrected chi connectivity index (χ0v) is 14.5. The van der Waals surface area contributed by atoms with Crippen LogP contribution in [-0.2, 0) is 6.54 Å². The summed E-state index contributed by atoms with van der Waals surface area (Å²) in [5.74, 6) is 0.910. The van der Waals surface area contributed by atoms with E-state index >= 15 is 0 Å². The molecule has 0 aliphatic heterocycles. The molecule has 0 spiro atoms. The van der Waals surface area contributed by atoms with Crippen molar-refractivity contribution in [2.24, 2.45) is 0 Å². The van der Waals surface area contributed by atoms with Crippen molar-refractivity contribution in [1.82, 2.24) is 0 Å². The van der Waals surface area contributed by atoms with Crippen LogP contribution in [0.1, 0.15) is 30.0 Å². The number of benzene rings is 2. The molecule has 0 radical (unpaired) electrons. The first-order chi connectivity index (χ1) is 10.1. The predicted octanol–water partition coefficient (Wildman–Crippen LogP) is 5.47. The number of rotatable bonds is 6. The Balaban J connectivity index is 2.03. The summed E-state index contributed by atoms with van der Waals surface area (Å²) >= 11 is 3.58. The van der Waals surface area contributed by atoms with Crippen LogP contribution >= 0.6 is 15.9 Å². The van der Waals surface area contributed by atoms with E-state index in [0.29, 0.717) is 0 Å². The highest BCUT2D eigenvalue weighted by atomic mass is 79.9. The van der Waals surface area contributed by atoms with Gasteiger partial charge in [-0.15, -0.1) is 0 Å². The number of hydrogen-bond acceptors (Lipinski definition) is 2. The van der Waals surface area contributed by atoms with Crippen molar-refractivity contribution in [2.75, 3.05) is 11.9 Å². The van der Waals surface area contributed by atoms with E-state index in [-0.39, 0.29) is 0 Å². The molecule has 2 aromatic rings. The predicted molar refractivity (Wildman–Crippen MR) is 93.2 cm³/mol. The van der Waals surface area contributed by atoms with Gasteiger partial charge < -0.3 is 10.1 Å². The Hall–Kier alpha value is -1.48. The van der Waals surface area contributed by atoms with Crippen LogP contribution in [0.15, 0.2) is 40.9 Å². The Bertz CT molecular complexity index is 610. The molecule has 0 aliphatic carbocycles. The fourth-order valence-corrected chi connectivity index (χ4v) is 2.66. The second kappa shape index (κ2) is 7.51. The lowest BCUT2D eigenvalue weighted by molar-refractivity contribution is 0.315. The quantitative estimate of drug-likeness (QED) is 0.748. The largest absolute Gasteiger partial charge is 0.492 e. The van der Waals surface area contributed by atoms with Gasteiger partial charge in [-0.3, -0.25) is 0 Å². The van der Waals surface area contributed by atoms with Crippen molar-refractivity contribution >= 4 is 21.6 Å². The minimum atomic E-state index is 0.749. The summed E-state index contributed by atoms with van der Waals surface area (Å²) in [6, 6.07) is 12.6. The van der Waals surface area contributed by atoms with E-state index in [4.69, 9.17) is 4.74 Å². The zero-order valence-electron chi connectivity index (χ0n) is 12.9. The first kappa shape index (κ1) is 15.9. The van der Waals surface area contributed by atoms with Crippen LogP contribution in [0.3, 0.4) is 0 Å². The van der Waals surface area contributed by atoms with Crippen LogP contribution in [0.4, 0.5) is 5.69 Å². The highest BCUT2D eigenvalue weighted by Gasteiger charge is 2.04. The fourth-order valence-electron chi connectivity index (χ4n) is 2.12. The van der Waals surface area contributed by atoms with Gasteiger partial charge in [-0.1, -0.05) is 25.1 Å². The summed E-state index contributed by atoms with van der Waals surface area (Å²) in [7, 11) is 0. The van der Waals surface area contributed by atoms with E-state index in [1.807, 2.05) is 6.07 Å². The second-order valence-corrected chi connectivity index (χ2v) is 6.07. The van der Waals surface area contributed by atoms with Crippen LogP contribution in [0.2, 0.25) is 0 Å². The SMILES string of the molecule is CCCOc1ccc(CNc2cccc(C)c2C)cc1Br. The summed E-state index contributed by atoms with van der Waals surface area (Å²) in [5, 5.41) is 3.50. The first-order valence-corrected chi connectivity index (χ1v) is 8.12. The van der Waals surface area contributed by atoms with Gasteiger partial charge in [0, 0.05) is 12.2 Å². The Morgan fingerprint density at radius 3 is 2.67 bits per heavy atom. The summed E-state index contributed by atoms with van der Waals surface area (Å²) in [6.45, 7) is 7.94. The molecule has 3 heteroatoms. The molecule has 0 unspecified atom stereocenters. The minimum absolute atomic E-state index is 0.749. The molecule has 0 aliphatic rings. The Kier molecular flexibility index (Phi) is 5.68. The molecule has 0 saturated carbocycles. The fraction of sp³-hybridized carbons (Fsp3) is 0.333. The van der Waals surface area contributed by atoms with Gasteiger partial charge in [0.15, 0.2) is 0 Å². The highest BCUT2D eigenvalue weighted by Crippen LogP contribution is 2.27. The monoisotopic (exact) mass is 347 g/mol. The van der Waals surface area contributed by atoms with Gasteiger partial charge in [0.2, 0.25) is 0 Å². The van der Waals surface area contributed by atoms with E-state index in [1.54, 1.807) is 0 Å². The maximum absolute atomic E-state index is 5.67. The molecular formula is C18H22BrNO. The molecule has 21 heavy (non-hydrogen) atoms. The van der Waals surface area contributed by atoms with E-state index in [9.17, 15) is 0 Å². The zero-order chi connectivity index (χ0) is 15.2. The number of hydrogen-bond donors (Lipinski definition) is 1. The molecule has 0 aromatic heterocycles. The van der Waals surface area contributed by atoms with Gasteiger partial charge in [0.1, 0.15) is 5.75 Å². The summed E-state index contributed by atoms with van der Waals surface area (Å²) in [4.78, 5) is 0. The second-order valence-electron chi connectivity index (χ2n) is 5.21. The third-order valence-electron chi connectivity index (χ3n) is 3.55. The number of aryl methyl sites for hydroxylation is 1. The van der Waals surface area contributed by atoms with E-state index in [2.05, 4.69) is 72.3 Å². The molecule has 2 nitrogen and oxygen atoms in total. The van der Waals surface area contributed by atoms with Gasteiger partial charge in [-0.05, 0) is 71.1 Å². The maximum atomic E-state index is 5.67. The Morgan fingerprint density at radius 1 is 1.14 bits per heavy atom. The average molecular weight is 348 g/mol. The molecule has 0 heterocycles. The molecule has 2 aromatic carbocycles. The van der Waals surface area contributed by atoms with Gasteiger partial charge in [0.05, 0.1) is 11.1 Å². The van der Waals surface area contributed by atoms with Gasteiger partial charge >= 0.3 is 0 Å². The lowest BCUT2D eigenvalue weighted by Gasteiger charge is -2.13. The molecule has 2 rings (SSSR count). The van der Waals surface area contributed by atoms with Gasteiger partial charge in [0.25, 0.3) is 0 Å². The van der Waals surface area contributed by atoms with Crippen molar-refractivity contribution in [3.8, 4) is 5.75 Å². The summed E-state index contributed by atoms with van der Waals surface area (Å²) in [5.41, 5.74) is 5.04. The number of halogens is 1. The van der Waals surface area contributed by atoms with Crippen molar-refractivity contribution in [2.45, 2.75) is 33.7 Å². The first-order valence-electron chi connectivity index (χ1n) is 7.33. The number of nitrogens with one attached hydrogen (secondary N) is 1. The van der Waals surface area contributed by atoms with Crippen LogP contribution in [0, 0.1) is 13.8 Å². The normalized spacial score (nSPS) is 10.5. The average Bonchev–Trinajstić information content (AvgIpc) is 2.48. The molecule has 112 valence electrons. The number of anilines is 1. The third-order valence-corrected chi connectivity index (χ3v) is 4.17. The van der Waals surface area contributed by atoms with Crippen molar-refractivity contribution < 1.29 is 4.74 Å². The van der Waals surface area contributed by atoms with E-state index in [1.165, 1.54) is 22.4 Å². The van der Waals surface area contributed by atoms with Crippen LogP contribution in [-0.4, -0.2) is 6.61 Å². The van der Waals surface area contributed by atoms with Gasteiger partial charge in [-0.2, -0.15) is 0 Å². The van der Waals surface area contributed by atoms with E-state index in [0.717, 1.165) is 29.8 Å². The summed E-state index contributed by atoms with van der Waals surface area (Å²) < 4.78 is 6.68. The molecule has 0 bridgehead atoms. The Morgan fingerprint density at radius 2 is 1.95 bits per heavy atom. The standard InChI is InChI=1S/C18H22BrNO/c1-4-10-21-18-9-8-15(11-16(18)19)12-20-17-7-5-6-13(2)14(17)3/h5-9,11,20H,4,10,12H2,1-3H3. The summed E-state index contributed by atoms with van der Waals surface area (Å²) in [6.07, 6.45) is 1.02. The van der Waals surface area contributed by atoms with Crippen LogP contribution in [0.5, 0.6) is 5.75 Å². The Labute approximate surface area is 135 Å². The molecule has 1 N–H and O–H groups in total. The highest BCUT2D eigenvalue weighted by molar-refractivity contribution is 9.10. The lowest BCUT2D eigenvalue weighted by atomic mass is 10.1. The molecule has 0 amide bonds. The van der Waals surface area contributed by atoms with Crippen LogP contribution in [0.25, 0.3) is 0 Å². The molecular weight excluding hydrogens is 326 g/mol. The van der Waals surface area contributed by atoms with E-state index < -0.39 is 0 Å². The third kappa shape index (κ3) is 4.24. The van der Waals surface area contributed by atoms with Crippen LogP contribution < -0.4 is 10.1 Å². The van der Waals surface area contributed by atoms with Crippen molar-refractivity contribution in [3.05, 3.63) is 57.6 Å². The van der Waals surface area contributed by atoms with Crippen molar-refractivity contribution in [1.29, 1.82) is 0 Å². The topological polar surface area (TPSA) is 21.3 Å². The smallest absolute Gasteiger partial charge is 0.133 e.